The lowest BCUT2D eigenvalue weighted by Crippen LogP contribution is -2.40. The van der Waals surface area contributed by atoms with E-state index in [1.165, 1.54) is 19.3 Å². The minimum atomic E-state index is 0.0180. The van der Waals surface area contributed by atoms with Gasteiger partial charge in [-0.15, -0.1) is 11.3 Å². The number of ether oxygens (including phenoxy) is 3. The van der Waals surface area contributed by atoms with Crippen LogP contribution < -0.4 is 0 Å². The summed E-state index contributed by atoms with van der Waals surface area (Å²) in [4.78, 5) is 33.7. The van der Waals surface area contributed by atoms with Crippen molar-refractivity contribution >= 4 is 23.2 Å². The van der Waals surface area contributed by atoms with E-state index in [4.69, 9.17) is 14.2 Å². The zero-order chi connectivity index (χ0) is 22.8. The molecule has 0 radical (unpaired) electrons. The number of amides is 2. The number of nitrogens with zero attached hydrogens (tertiary/aromatic N) is 3. The second kappa shape index (κ2) is 13.2. The molecule has 0 spiro atoms. The van der Waals surface area contributed by atoms with Crippen LogP contribution in [0.2, 0.25) is 0 Å². The molecule has 1 aromatic heterocycles. The lowest BCUT2D eigenvalue weighted by atomic mass is 9.94. The standard InChI is InChI=1S/C23H37N3O5S/c1-25(19-6-4-3-5-7-19)23(28)20-17-32-22(24-20)18-8-10-26(11-9-18)21(27)16-31-15-14-30-13-12-29-2/h17-19H,3-16H2,1-2H3. The van der Waals surface area contributed by atoms with Gasteiger partial charge in [0.15, 0.2) is 0 Å². The summed E-state index contributed by atoms with van der Waals surface area (Å²) in [6, 6.07) is 0.342. The summed E-state index contributed by atoms with van der Waals surface area (Å²) < 4.78 is 15.7. The van der Waals surface area contributed by atoms with E-state index in [1.807, 2.05) is 22.2 Å². The highest BCUT2D eigenvalue weighted by atomic mass is 32.1. The van der Waals surface area contributed by atoms with Crippen molar-refractivity contribution in [2.24, 2.45) is 0 Å². The normalized spacial score (nSPS) is 18.1. The van der Waals surface area contributed by atoms with E-state index >= 15 is 0 Å². The van der Waals surface area contributed by atoms with E-state index in [-0.39, 0.29) is 18.4 Å². The van der Waals surface area contributed by atoms with E-state index in [2.05, 4.69) is 4.98 Å². The van der Waals surface area contributed by atoms with Crippen molar-refractivity contribution in [3.63, 3.8) is 0 Å². The number of hydrogen-bond acceptors (Lipinski definition) is 7. The summed E-state index contributed by atoms with van der Waals surface area (Å²) >= 11 is 1.57. The van der Waals surface area contributed by atoms with Crippen molar-refractivity contribution in [3.05, 3.63) is 16.1 Å². The van der Waals surface area contributed by atoms with Gasteiger partial charge in [-0.25, -0.2) is 4.98 Å². The van der Waals surface area contributed by atoms with Crippen LogP contribution in [-0.2, 0) is 19.0 Å². The molecule has 8 nitrogen and oxygen atoms in total. The molecule has 3 rings (SSSR count). The average molecular weight is 468 g/mol. The van der Waals surface area contributed by atoms with Crippen LogP contribution in [0.1, 0.15) is 66.4 Å². The highest BCUT2D eigenvalue weighted by molar-refractivity contribution is 7.09. The Bertz CT molecular complexity index is 714. The number of likely N-dealkylation sites (tertiary alicyclic amines) is 1. The number of methoxy groups -OCH3 is 1. The monoisotopic (exact) mass is 467 g/mol. The second-order valence-electron chi connectivity index (χ2n) is 8.59. The fourth-order valence-corrected chi connectivity index (χ4v) is 5.34. The lowest BCUT2D eigenvalue weighted by molar-refractivity contribution is -0.137. The van der Waals surface area contributed by atoms with Crippen molar-refractivity contribution in [2.75, 3.05) is 60.3 Å². The molecule has 2 fully saturated rings. The molecule has 0 atom stereocenters. The summed E-state index contributed by atoms with van der Waals surface area (Å²) in [7, 11) is 3.54. The number of carbonyl (C=O) groups excluding carboxylic acids is 2. The Morgan fingerprint density at radius 3 is 2.47 bits per heavy atom. The number of thiazole rings is 1. The molecule has 0 N–H and O–H groups in total. The maximum absolute atomic E-state index is 12.9. The molecule has 32 heavy (non-hydrogen) atoms. The maximum atomic E-state index is 12.9. The van der Waals surface area contributed by atoms with Gasteiger partial charge < -0.3 is 24.0 Å². The number of rotatable bonds is 11. The van der Waals surface area contributed by atoms with Crippen molar-refractivity contribution < 1.29 is 23.8 Å². The van der Waals surface area contributed by atoms with Crippen LogP contribution >= 0.6 is 11.3 Å². The molecule has 1 aliphatic heterocycles. The number of carbonyl (C=O) groups is 2. The van der Waals surface area contributed by atoms with Crippen molar-refractivity contribution in [1.82, 2.24) is 14.8 Å². The van der Waals surface area contributed by atoms with E-state index in [9.17, 15) is 9.59 Å². The van der Waals surface area contributed by atoms with Crippen LogP contribution in [0.4, 0.5) is 0 Å². The van der Waals surface area contributed by atoms with Crippen LogP contribution in [0.15, 0.2) is 5.38 Å². The number of hydrogen-bond donors (Lipinski definition) is 0. The van der Waals surface area contributed by atoms with Gasteiger partial charge in [-0.2, -0.15) is 0 Å². The van der Waals surface area contributed by atoms with Gasteiger partial charge in [0.05, 0.1) is 31.4 Å². The highest BCUT2D eigenvalue weighted by Gasteiger charge is 2.28. The molecular weight excluding hydrogens is 430 g/mol. The van der Waals surface area contributed by atoms with Gasteiger partial charge in [0.25, 0.3) is 5.91 Å². The smallest absolute Gasteiger partial charge is 0.273 e. The van der Waals surface area contributed by atoms with Crippen molar-refractivity contribution in [3.8, 4) is 0 Å². The Hall–Kier alpha value is -1.55. The predicted octanol–water partition coefficient (Wildman–Crippen LogP) is 2.93. The molecule has 0 aromatic carbocycles. The zero-order valence-corrected chi connectivity index (χ0v) is 20.2. The Balaban J connectivity index is 1.38. The van der Waals surface area contributed by atoms with Gasteiger partial charge in [-0.3, -0.25) is 9.59 Å². The summed E-state index contributed by atoms with van der Waals surface area (Å²) in [6.45, 7) is 3.42. The molecule has 2 amide bonds. The SMILES string of the molecule is COCCOCCOCC(=O)N1CCC(c2nc(C(=O)N(C)C3CCCCC3)cs2)CC1. The molecule has 1 aliphatic carbocycles. The van der Waals surface area contributed by atoms with Crippen LogP contribution in [0.5, 0.6) is 0 Å². The van der Waals surface area contributed by atoms with Gasteiger partial charge in [-0.05, 0) is 25.7 Å². The third kappa shape index (κ3) is 7.23. The van der Waals surface area contributed by atoms with Gasteiger partial charge in [0, 0.05) is 44.6 Å². The molecule has 1 saturated heterocycles. The van der Waals surface area contributed by atoms with Gasteiger partial charge in [0.2, 0.25) is 5.91 Å². The van der Waals surface area contributed by atoms with Crippen molar-refractivity contribution in [2.45, 2.75) is 56.9 Å². The average Bonchev–Trinajstić information content (AvgIpc) is 3.33. The molecule has 0 bridgehead atoms. The first-order valence-electron chi connectivity index (χ1n) is 11.7. The van der Waals surface area contributed by atoms with Crippen LogP contribution in [0.25, 0.3) is 0 Å². The zero-order valence-electron chi connectivity index (χ0n) is 19.4. The van der Waals surface area contributed by atoms with Crippen LogP contribution in [0, 0.1) is 0 Å². The molecule has 2 aliphatic rings. The Morgan fingerprint density at radius 1 is 1.06 bits per heavy atom. The quantitative estimate of drug-likeness (QED) is 0.466. The van der Waals surface area contributed by atoms with Gasteiger partial charge in [0.1, 0.15) is 12.3 Å². The molecule has 1 saturated carbocycles. The van der Waals surface area contributed by atoms with Crippen LogP contribution in [0.3, 0.4) is 0 Å². The first-order valence-corrected chi connectivity index (χ1v) is 12.6. The molecule has 0 unspecified atom stereocenters. The summed E-state index contributed by atoms with van der Waals surface area (Å²) in [5.74, 6) is 0.362. The highest BCUT2D eigenvalue weighted by Crippen LogP contribution is 2.31. The summed E-state index contributed by atoms with van der Waals surface area (Å²) in [5.41, 5.74) is 0.567. The van der Waals surface area contributed by atoms with E-state index < -0.39 is 0 Å². The molecular formula is C23H37N3O5S. The molecule has 2 heterocycles. The number of piperidine rings is 1. The van der Waals surface area contributed by atoms with E-state index in [1.54, 1.807) is 18.4 Å². The van der Waals surface area contributed by atoms with Gasteiger partial charge >= 0.3 is 0 Å². The predicted molar refractivity (Wildman–Crippen MR) is 123 cm³/mol. The lowest BCUT2D eigenvalue weighted by Gasteiger charge is -2.31. The van der Waals surface area contributed by atoms with E-state index in [0.29, 0.717) is 57.2 Å². The first kappa shape index (κ1) is 25.1. The fraction of sp³-hybridized carbons (Fsp3) is 0.783. The first-order chi connectivity index (χ1) is 15.6. The third-order valence-corrected chi connectivity index (χ3v) is 7.42. The largest absolute Gasteiger partial charge is 0.382 e. The second-order valence-corrected chi connectivity index (χ2v) is 9.48. The summed E-state index contributed by atoms with van der Waals surface area (Å²) in [5, 5.41) is 2.92. The Kier molecular flexibility index (Phi) is 10.4. The minimum absolute atomic E-state index is 0.0180. The number of aromatic nitrogens is 1. The third-order valence-electron chi connectivity index (χ3n) is 6.41. The molecule has 9 heteroatoms. The van der Waals surface area contributed by atoms with Crippen LogP contribution in [-0.4, -0.2) is 92.9 Å². The minimum Gasteiger partial charge on any atom is -0.382 e. The van der Waals surface area contributed by atoms with Gasteiger partial charge in [-0.1, -0.05) is 19.3 Å². The fourth-order valence-electron chi connectivity index (χ4n) is 4.38. The summed E-state index contributed by atoms with van der Waals surface area (Å²) in [6.07, 6.45) is 7.60. The topological polar surface area (TPSA) is 81.2 Å². The van der Waals surface area contributed by atoms with Crippen molar-refractivity contribution in [1.29, 1.82) is 0 Å². The Labute approximate surface area is 195 Å². The Morgan fingerprint density at radius 2 is 1.75 bits per heavy atom. The molecule has 180 valence electrons. The maximum Gasteiger partial charge on any atom is 0.273 e. The van der Waals surface area contributed by atoms with E-state index in [0.717, 1.165) is 30.7 Å². The molecule has 1 aromatic rings.